The van der Waals surface area contributed by atoms with Crippen LogP contribution in [0, 0.1) is 0 Å². The Morgan fingerprint density at radius 3 is 2.52 bits per heavy atom. The summed E-state index contributed by atoms with van der Waals surface area (Å²) in [6.45, 7) is 0.246. The molecule has 0 bridgehead atoms. The Balaban J connectivity index is 2.01. The number of hydrogen-bond acceptors (Lipinski definition) is 4. The number of aliphatic hydroxyl groups excluding tert-OH is 1. The zero-order valence-corrected chi connectivity index (χ0v) is 13.9. The molecule has 0 unspecified atom stereocenters. The Morgan fingerprint density at radius 1 is 1.12 bits per heavy atom. The molecular formula is C19H19N3O3. The molecule has 25 heavy (non-hydrogen) atoms. The molecule has 0 fully saturated rings. The van der Waals surface area contributed by atoms with Crippen molar-refractivity contribution in [3.63, 3.8) is 0 Å². The van der Waals surface area contributed by atoms with Crippen LogP contribution in [-0.4, -0.2) is 38.8 Å². The van der Waals surface area contributed by atoms with Crippen LogP contribution in [0.3, 0.4) is 0 Å². The van der Waals surface area contributed by atoms with Gasteiger partial charge in [0.2, 0.25) is 5.43 Å². The maximum absolute atomic E-state index is 12.9. The van der Waals surface area contributed by atoms with E-state index >= 15 is 0 Å². The zero-order chi connectivity index (χ0) is 17.8. The Labute approximate surface area is 144 Å². The molecule has 1 heterocycles. The van der Waals surface area contributed by atoms with Crippen molar-refractivity contribution in [1.29, 1.82) is 0 Å². The van der Waals surface area contributed by atoms with Crippen molar-refractivity contribution in [3.8, 4) is 0 Å². The number of aliphatic hydroxyl groups is 1. The quantitative estimate of drug-likeness (QED) is 0.767. The monoisotopic (exact) mass is 337 g/mol. The van der Waals surface area contributed by atoms with Crippen LogP contribution in [-0.2, 0) is 13.6 Å². The summed E-state index contributed by atoms with van der Waals surface area (Å²) in [5, 5.41) is 13.9. The lowest BCUT2D eigenvalue weighted by atomic mass is 10.1. The first-order valence-electron chi connectivity index (χ1n) is 8.02. The lowest BCUT2D eigenvalue weighted by molar-refractivity contribution is 0.0698. The summed E-state index contributed by atoms with van der Waals surface area (Å²) in [6, 6.07) is 16.5. The van der Waals surface area contributed by atoms with Gasteiger partial charge >= 0.3 is 0 Å². The third kappa shape index (κ3) is 3.44. The molecule has 0 spiro atoms. The van der Waals surface area contributed by atoms with E-state index in [9.17, 15) is 14.7 Å². The molecule has 0 saturated heterocycles. The number of carbonyl (C=O) groups is 1. The van der Waals surface area contributed by atoms with Crippen LogP contribution in [0.25, 0.3) is 10.9 Å². The predicted octanol–water partition coefficient (Wildman–Crippen LogP) is 1.57. The van der Waals surface area contributed by atoms with E-state index in [0.717, 1.165) is 5.56 Å². The largest absolute Gasteiger partial charge is 0.395 e. The Hall–Kier alpha value is -2.99. The molecule has 128 valence electrons. The summed E-state index contributed by atoms with van der Waals surface area (Å²) in [7, 11) is 1.70. The minimum atomic E-state index is -0.482. The number of aromatic nitrogens is 2. The van der Waals surface area contributed by atoms with Gasteiger partial charge in [-0.25, -0.2) is 0 Å². The van der Waals surface area contributed by atoms with Gasteiger partial charge in [-0.15, -0.1) is 0 Å². The van der Waals surface area contributed by atoms with E-state index < -0.39 is 11.3 Å². The van der Waals surface area contributed by atoms with E-state index in [4.69, 9.17) is 0 Å². The number of nitrogens with zero attached hydrogens (tertiary/aromatic N) is 3. The maximum atomic E-state index is 12.9. The predicted molar refractivity (Wildman–Crippen MR) is 95.3 cm³/mol. The highest BCUT2D eigenvalue weighted by Gasteiger charge is 2.22. The molecule has 3 aromatic rings. The van der Waals surface area contributed by atoms with Gasteiger partial charge in [0.25, 0.3) is 5.91 Å². The van der Waals surface area contributed by atoms with Gasteiger partial charge in [-0.3, -0.25) is 14.3 Å². The summed E-state index contributed by atoms with van der Waals surface area (Å²) in [6.07, 6.45) is 0. The van der Waals surface area contributed by atoms with Gasteiger partial charge < -0.3 is 10.0 Å². The van der Waals surface area contributed by atoms with Crippen molar-refractivity contribution in [3.05, 3.63) is 76.1 Å². The fourth-order valence-electron chi connectivity index (χ4n) is 2.79. The van der Waals surface area contributed by atoms with Crippen molar-refractivity contribution >= 4 is 16.8 Å². The molecule has 1 N–H and O–H groups in total. The van der Waals surface area contributed by atoms with E-state index in [1.54, 1.807) is 25.2 Å². The van der Waals surface area contributed by atoms with Gasteiger partial charge in [-0.2, -0.15) is 5.10 Å². The highest BCUT2D eigenvalue weighted by Crippen LogP contribution is 2.11. The second kappa shape index (κ2) is 7.27. The first-order chi connectivity index (χ1) is 12.1. The molecule has 1 aromatic heterocycles. The van der Waals surface area contributed by atoms with Crippen LogP contribution in [0.15, 0.2) is 59.4 Å². The molecule has 2 aromatic carbocycles. The van der Waals surface area contributed by atoms with E-state index in [-0.39, 0.29) is 18.8 Å². The third-order valence-electron chi connectivity index (χ3n) is 4.04. The normalized spacial score (nSPS) is 10.8. The summed E-state index contributed by atoms with van der Waals surface area (Å²) in [5.74, 6) is -0.482. The molecule has 6 nitrogen and oxygen atoms in total. The summed E-state index contributed by atoms with van der Waals surface area (Å²) in [5.41, 5.74) is 1.06. The van der Waals surface area contributed by atoms with Crippen LogP contribution in [0.1, 0.15) is 16.1 Å². The Morgan fingerprint density at radius 2 is 1.80 bits per heavy atom. The molecule has 0 atom stereocenters. The van der Waals surface area contributed by atoms with Crippen LogP contribution < -0.4 is 5.43 Å². The molecule has 6 heteroatoms. The average molecular weight is 337 g/mol. The first-order valence-corrected chi connectivity index (χ1v) is 8.02. The highest BCUT2D eigenvalue weighted by molar-refractivity contribution is 5.95. The number of para-hydroxylation sites is 1. The lowest BCUT2D eigenvalue weighted by Crippen LogP contribution is -2.37. The number of fused-ring (bicyclic) bond motifs is 1. The summed E-state index contributed by atoms with van der Waals surface area (Å²) >= 11 is 0. The van der Waals surface area contributed by atoms with Gasteiger partial charge in [0, 0.05) is 25.5 Å². The van der Waals surface area contributed by atoms with Crippen molar-refractivity contribution < 1.29 is 9.90 Å². The summed E-state index contributed by atoms with van der Waals surface area (Å²) in [4.78, 5) is 27.0. The van der Waals surface area contributed by atoms with Crippen LogP contribution in [0.5, 0.6) is 0 Å². The zero-order valence-electron chi connectivity index (χ0n) is 13.9. The molecular weight excluding hydrogens is 318 g/mol. The number of rotatable bonds is 5. The Bertz CT molecular complexity index is 951. The van der Waals surface area contributed by atoms with Gasteiger partial charge in [-0.05, 0) is 17.7 Å². The smallest absolute Gasteiger partial charge is 0.278 e. The average Bonchev–Trinajstić information content (AvgIpc) is 2.65. The highest BCUT2D eigenvalue weighted by atomic mass is 16.3. The molecule has 0 aliphatic rings. The lowest BCUT2D eigenvalue weighted by Gasteiger charge is -2.21. The molecule has 0 saturated carbocycles. The van der Waals surface area contributed by atoms with E-state index in [1.807, 2.05) is 36.4 Å². The van der Waals surface area contributed by atoms with Crippen molar-refractivity contribution in [2.45, 2.75) is 6.54 Å². The molecule has 0 radical (unpaired) electrons. The molecule has 0 aliphatic carbocycles. The third-order valence-corrected chi connectivity index (χ3v) is 4.04. The SMILES string of the molecule is Cn1nc(C(=O)N(CCO)Cc2ccccc2)c(=O)c2ccccc21. The standard InChI is InChI=1S/C19H19N3O3/c1-21-16-10-6-5-9-15(16)18(24)17(20-21)19(25)22(11-12-23)13-14-7-3-2-4-8-14/h2-10,23H,11-13H2,1H3. The maximum Gasteiger partial charge on any atom is 0.278 e. The van der Waals surface area contributed by atoms with Crippen molar-refractivity contribution in [2.24, 2.45) is 7.05 Å². The van der Waals surface area contributed by atoms with Gasteiger partial charge in [0.15, 0.2) is 5.69 Å². The minimum absolute atomic E-state index is 0.130. The Kier molecular flexibility index (Phi) is 4.90. The molecule has 3 rings (SSSR count). The summed E-state index contributed by atoms with van der Waals surface area (Å²) < 4.78 is 1.53. The van der Waals surface area contributed by atoms with Crippen molar-refractivity contribution in [2.75, 3.05) is 13.2 Å². The van der Waals surface area contributed by atoms with Gasteiger partial charge in [0.1, 0.15) is 0 Å². The van der Waals surface area contributed by atoms with Crippen LogP contribution in [0.4, 0.5) is 0 Å². The topological polar surface area (TPSA) is 75.4 Å². The first kappa shape index (κ1) is 16.9. The number of amides is 1. The second-order valence-electron chi connectivity index (χ2n) is 5.75. The van der Waals surface area contributed by atoms with E-state index in [1.165, 1.54) is 9.58 Å². The van der Waals surface area contributed by atoms with Crippen molar-refractivity contribution in [1.82, 2.24) is 14.7 Å². The van der Waals surface area contributed by atoms with E-state index in [0.29, 0.717) is 17.4 Å². The van der Waals surface area contributed by atoms with E-state index in [2.05, 4.69) is 5.10 Å². The van der Waals surface area contributed by atoms with Gasteiger partial charge in [0.05, 0.1) is 12.1 Å². The molecule has 0 aliphatic heterocycles. The number of carbonyl (C=O) groups excluding carboxylic acids is 1. The number of benzene rings is 2. The number of aryl methyl sites for hydroxylation is 1. The fraction of sp³-hybridized carbons (Fsp3) is 0.211. The second-order valence-corrected chi connectivity index (χ2v) is 5.75. The molecule has 1 amide bonds. The van der Waals surface area contributed by atoms with Crippen LogP contribution in [0.2, 0.25) is 0 Å². The number of hydrogen-bond donors (Lipinski definition) is 1. The fourth-order valence-corrected chi connectivity index (χ4v) is 2.79. The van der Waals surface area contributed by atoms with Gasteiger partial charge in [-0.1, -0.05) is 42.5 Å². The van der Waals surface area contributed by atoms with Crippen LogP contribution >= 0.6 is 0 Å². The minimum Gasteiger partial charge on any atom is -0.395 e.